The second kappa shape index (κ2) is 6.34. The van der Waals surface area contributed by atoms with Crippen LogP contribution in [0.4, 0.5) is 5.69 Å². The maximum absolute atomic E-state index is 6.82. The Morgan fingerprint density at radius 2 is 1.75 bits per heavy atom. The van der Waals surface area contributed by atoms with Crippen molar-refractivity contribution in [2.75, 3.05) is 37.6 Å². The molecule has 0 bridgehead atoms. The van der Waals surface area contributed by atoms with Crippen molar-refractivity contribution >= 4 is 5.69 Å². The fraction of sp³-hybridized carbons (Fsp3) is 0.714. The summed E-state index contributed by atoms with van der Waals surface area (Å²) in [6.07, 6.45) is 6.27. The van der Waals surface area contributed by atoms with Crippen LogP contribution in [0.5, 0.6) is 0 Å². The van der Waals surface area contributed by atoms with E-state index in [0.717, 1.165) is 25.6 Å². The molecule has 1 aromatic rings. The van der Waals surface area contributed by atoms with Gasteiger partial charge >= 0.3 is 0 Å². The van der Waals surface area contributed by atoms with E-state index in [0.29, 0.717) is 0 Å². The first kappa shape index (κ1) is 16.4. The Kier molecular flexibility index (Phi) is 4.34. The summed E-state index contributed by atoms with van der Waals surface area (Å²) in [5.41, 5.74) is 1.56. The molecule has 2 heterocycles. The van der Waals surface area contributed by atoms with E-state index in [1.807, 2.05) is 0 Å². The van der Waals surface area contributed by atoms with Gasteiger partial charge in [-0.2, -0.15) is 0 Å². The predicted octanol–water partition coefficient (Wildman–Crippen LogP) is 3.94. The maximum Gasteiger partial charge on any atom is 0.0991 e. The van der Waals surface area contributed by atoms with E-state index in [4.69, 9.17) is 4.74 Å². The molecule has 1 aliphatic carbocycles. The molecule has 24 heavy (non-hydrogen) atoms. The average Bonchev–Trinajstić information content (AvgIpc) is 3.31. The minimum atomic E-state index is 0.0415. The summed E-state index contributed by atoms with van der Waals surface area (Å²) in [5, 5.41) is 0. The normalized spacial score (nSPS) is 29.5. The van der Waals surface area contributed by atoms with Crippen LogP contribution in [-0.4, -0.2) is 48.8 Å². The molecule has 3 aliphatic rings. The molecule has 4 rings (SSSR count). The van der Waals surface area contributed by atoms with Gasteiger partial charge in [0.15, 0.2) is 0 Å². The van der Waals surface area contributed by atoms with Crippen LogP contribution in [0.15, 0.2) is 30.3 Å². The van der Waals surface area contributed by atoms with Crippen LogP contribution in [0.3, 0.4) is 0 Å². The second-order valence-electron chi connectivity index (χ2n) is 8.72. The maximum atomic E-state index is 6.82. The van der Waals surface area contributed by atoms with Crippen molar-refractivity contribution in [1.29, 1.82) is 0 Å². The standard InChI is InChI=1S/C21H32N2O/c1-18(2)9-14-22-13-6-10-21(15-22)17-23(16-20(24-21)11-12-20)19-7-4-3-5-8-19/h3-5,7-8,18H,6,9-17H2,1-2H3. The van der Waals surface area contributed by atoms with Gasteiger partial charge in [-0.05, 0) is 63.2 Å². The van der Waals surface area contributed by atoms with Crippen LogP contribution < -0.4 is 4.90 Å². The molecule has 1 unspecified atom stereocenters. The van der Waals surface area contributed by atoms with E-state index < -0.39 is 0 Å². The quantitative estimate of drug-likeness (QED) is 0.833. The first-order valence-electron chi connectivity index (χ1n) is 9.81. The number of likely N-dealkylation sites (tertiary alicyclic amines) is 1. The summed E-state index contributed by atoms with van der Waals surface area (Å²) in [5.74, 6) is 0.783. The first-order valence-corrected chi connectivity index (χ1v) is 9.81. The SMILES string of the molecule is CC(C)CCN1CCCC2(C1)CN(c1ccccc1)CC1(CC1)O2. The van der Waals surface area contributed by atoms with Gasteiger partial charge in [-0.3, -0.25) is 0 Å². The number of nitrogens with zero attached hydrogens (tertiary/aromatic N) is 2. The molecule has 1 atom stereocenters. The van der Waals surface area contributed by atoms with Crippen molar-refractivity contribution in [3.05, 3.63) is 30.3 Å². The average molecular weight is 329 g/mol. The number of morpholine rings is 1. The molecule has 0 N–H and O–H groups in total. The largest absolute Gasteiger partial charge is 0.366 e. The zero-order chi connectivity index (χ0) is 16.6. The molecule has 3 fully saturated rings. The Balaban J connectivity index is 1.50. The molecule has 0 amide bonds. The number of rotatable bonds is 4. The van der Waals surface area contributed by atoms with Crippen LogP contribution in [0.1, 0.15) is 46.0 Å². The van der Waals surface area contributed by atoms with E-state index in [1.54, 1.807) is 0 Å². The zero-order valence-electron chi connectivity index (χ0n) is 15.3. The van der Waals surface area contributed by atoms with Crippen molar-refractivity contribution in [3.63, 3.8) is 0 Å². The fourth-order valence-corrected chi connectivity index (χ4v) is 4.53. The minimum absolute atomic E-state index is 0.0415. The Hall–Kier alpha value is -1.06. The third-order valence-electron chi connectivity index (χ3n) is 5.96. The molecular weight excluding hydrogens is 296 g/mol. The van der Waals surface area contributed by atoms with Crippen molar-refractivity contribution in [2.45, 2.75) is 57.2 Å². The topological polar surface area (TPSA) is 15.7 Å². The lowest BCUT2D eigenvalue weighted by Gasteiger charge is -2.52. The highest BCUT2D eigenvalue weighted by atomic mass is 16.5. The minimum Gasteiger partial charge on any atom is -0.366 e. The van der Waals surface area contributed by atoms with Gasteiger partial charge in [0.25, 0.3) is 0 Å². The van der Waals surface area contributed by atoms with Gasteiger partial charge in [0, 0.05) is 25.3 Å². The molecule has 0 radical (unpaired) electrons. The van der Waals surface area contributed by atoms with Crippen molar-refractivity contribution in [3.8, 4) is 0 Å². The zero-order valence-corrected chi connectivity index (χ0v) is 15.3. The Bertz CT molecular complexity index is 554. The lowest BCUT2D eigenvalue weighted by Crippen LogP contribution is -2.63. The highest BCUT2D eigenvalue weighted by Gasteiger charge is 2.56. The second-order valence-corrected chi connectivity index (χ2v) is 8.72. The monoisotopic (exact) mass is 328 g/mol. The van der Waals surface area contributed by atoms with Gasteiger partial charge in [-0.1, -0.05) is 32.0 Å². The van der Waals surface area contributed by atoms with Crippen LogP contribution in [0.2, 0.25) is 0 Å². The number of hydrogen-bond acceptors (Lipinski definition) is 3. The summed E-state index contributed by atoms with van der Waals surface area (Å²) in [6, 6.07) is 10.9. The van der Waals surface area contributed by atoms with Crippen LogP contribution in [-0.2, 0) is 4.74 Å². The number of hydrogen-bond donors (Lipinski definition) is 0. The number of ether oxygens (including phenoxy) is 1. The number of piperidine rings is 1. The molecular formula is C21H32N2O. The van der Waals surface area contributed by atoms with E-state index in [2.05, 4.69) is 54.0 Å². The Labute approximate surface area is 147 Å². The van der Waals surface area contributed by atoms with Crippen molar-refractivity contribution < 1.29 is 4.74 Å². The van der Waals surface area contributed by atoms with Gasteiger partial charge in [-0.15, -0.1) is 0 Å². The summed E-state index contributed by atoms with van der Waals surface area (Å²) in [6.45, 7) is 10.4. The van der Waals surface area contributed by atoms with E-state index in [-0.39, 0.29) is 11.2 Å². The summed E-state index contributed by atoms with van der Waals surface area (Å²) >= 11 is 0. The van der Waals surface area contributed by atoms with Gasteiger partial charge in [-0.25, -0.2) is 0 Å². The lowest BCUT2D eigenvalue weighted by atomic mass is 9.89. The predicted molar refractivity (Wildman–Crippen MR) is 99.6 cm³/mol. The molecule has 3 heteroatoms. The van der Waals surface area contributed by atoms with Crippen LogP contribution in [0, 0.1) is 5.92 Å². The summed E-state index contributed by atoms with van der Waals surface area (Å²) in [7, 11) is 0. The fourth-order valence-electron chi connectivity index (χ4n) is 4.53. The highest BCUT2D eigenvalue weighted by Crippen LogP contribution is 2.49. The van der Waals surface area contributed by atoms with Gasteiger partial charge in [0.2, 0.25) is 0 Å². The highest BCUT2D eigenvalue weighted by molar-refractivity contribution is 5.48. The number of benzene rings is 1. The van der Waals surface area contributed by atoms with Crippen molar-refractivity contribution in [1.82, 2.24) is 4.90 Å². The summed E-state index contributed by atoms with van der Waals surface area (Å²) < 4.78 is 6.82. The summed E-state index contributed by atoms with van der Waals surface area (Å²) in [4.78, 5) is 5.26. The van der Waals surface area contributed by atoms with Crippen molar-refractivity contribution in [2.24, 2.45) is 5.92 Å². The number of anilines is 1. The molecule has 132 valence electrons. The van der Waals surface area contributed by atoms with E-state index in [1.165, 1.54) is 50.9 Å². The molecule has 1 saturated carbocycles. The third-order valence-corrected chi connectivity index (χ3v) is 5.96. The number of para-hydroxylation sites is 1. The third kappa shape index (κ3) is 3.48. The molecule has 2 saturated heterocycles. The Morgan fingerprint density at radius 1 is 1.00 bits per heavy atom. The van der Waals surface area contributed by atoms with Gasteiger partial charge in [0.05, 0.1) is 11.2 Å². The Morgan fingerprint density at radius 3 is 2.46 bits per heavy atom. The molecule has 1 aromatic carbocycles. The van der Waals surface area contributed by atoms with E-state index in [9.17, 15) is 0 Å². The molecule has 2 aliphatic heterocycles. The van der Waals surface area contributed by atoms with E-state index >= 15 is 0 Å². The molecule has 0 aromatic heterocycles. The lowest BCUT2D eigenvalue weighted by molar-refractivity contribution is -0.150. The molecule has 2 spiro atoms. The first-order chi connectivity index (χ1) is 11.6. The van der Waals surface area contributed by atoms with Gasteiger partial charge in [0.1, 0.15) is 0 Å². The smallest absolute Gasteiger partial charge is 0.0991 e. The molecule has 3 nitrogen and oxygen atoms in total. The van der Waals surface area contributed by atoms with Crippen LogP contribution in [0.25, 0.3) is 0 Å². The van der Waals surface area contributed by atoms with Gasteiger partial charge < -0.3 is 14.5 Å². The van der Waals surface area contributed by atoms with Crippen LogP contribution >= 0.6 is 0 Å².